The maximum Gasteiger partial charge on any atom is 0.408 e. The van der Waals surface area contributed by atoms with E-state index in [1.54, 1.807) is 4.67 Å². The Bertz CT molecular complexity index is 1440. The third-order valence-corrected chi connectivity index (χ3v) is 9.44. The van der Waals surface area contributed by atoms with Gasteiger partial charge in [-0.2, -0.15) is 4.98 Å². The molecule has 0 amide bonds. The minimum atomic E-state index is -4.05. The SMILES string of the molecule is COC1C(O)C(COP(=O)(OC2CC(n3ccc(N)nc3=O)OC2CO)N2CCCC2)OC1n1ccc(=O)[nH]c1=O. The van der Waals surface area contributed by atoms with Gasteiger partial charge in [-0.05, 0) is 18.9 Å². The third-order valence-electron chi connectivity index (χ3n) is 7.33. The molecule has 0 aromatic carbocycles. The van der Waals surface area contributed by atoms with Gasteiger partial charge in [0.15, 0.2) is 6.23 Å². The van der Waals surface area contributed by atoms with Crippen molar-refractivity contribution < 1.29 is 38.0 Å². The van der Waals surface area contributed by atoms with Gasteiger partial charge >= 0.3 is 19.1 Å². The van der Waals surface area contributed by atoms with Crippen LogP contribution in [0.5, 0.6) is 0 Å². The van der Waals surface area contributed by atoms with Gasteiger partial charge in [-0.3, -0.25) is 28.0 Å². The minimum Gasteiger partial charge on any atom is -0.394 e. The Morgan fingerprint density at radius 1 is 1.15 bits per heavy atom. The molecule has 0 aliphatic carbocycles. The van der Waals surface area contributed by atoms with E-state index in [-0.39, 0.29) is 12.2 Å². The first kappa shape index (κ1) is 29.8. The van der Waals surface area contributed by atoms with Gasteiger partial charge in [0.2, 0.25) is 0 Å². The number of methoxy groups -OCH3 is 1. The quantitative estimate of drug-likeness (QED) is 0.229. The molecule has 0 radical (unpaired) electrons. The summed E-state index contributed by atoms with van der Waals surface area (Å²) in [6.07, 6.45) is -2.98. The third kappa shape index (κ3) is 6.09. The van der Waals surface area contributed by atoms with E-state index in [9.17, 15) is 29.2 Å². The van der Waals surface area contributed by atoms with Crippen molar-refractivity contribution in [1.82, 2.24) is 23.8 Å². The summed E-state index contributed by atoms with van der Waals surface area (Å²) >= 11 is 0. The number of aromatic amines is 1. The van der Waals surface area contributed by atoms with Gasteiger partial charge in [0, 0.05) is 45.1 Å². The largest absolute Gasteiger partial charge is 0.408 e. The van der Waals surface area contributed by atoms with Gasteiger partial charge < -0.3 is 30.2 Å². The number of nitrogens with two attached hydrogens (primary N) is 1. The fraction of sp³-hybridized carbons (Fsp3) is 0.652. The summed E-state index contributed by atoms with van der Waals surface area (Å²) in [7, 11) is -2.72. The fourth-order valence-corrected chi connectivity index (χ4v) is 7.25. The molecule has 3 aliphatic rings. The van der Waals surface area contributed by atoms with E-state index in [4.69, 9.17) is 29.0 Å². The number of nitrogens with one attached hydrogen (secondary N) is 1. The van der Waals surface area contributed by atoms with Gasteiger partial charge in [0.05, 0.1) is 13.2 Å². The summed E-state index contributed by atoms with van der Waals surface area (Å²) in [5.74, 6) is 0.0439. The Hall–Kier alpha value is -2.73. The molecule has 5 heterocycles. The fourth-order valence-electron chi connectivity index (χ4n) is 5.22. The lowest BCUT2D eigenvalue weighted by atomic mass is 10.1. The van der Waals surface area contributed by atoms with Crippen molar-refractivity contribution in [2.24, 2.45) is 0 Å². The molecule has 5 rings (SSSR count). The van der Waals surface area contributed by atoms with Crippen molar-refractivity contribution in [3.05, 3.63) is 55.8 Å². The summed E-state index contributed by atoms with van der Waals surface area (Å²) < 4.78 is 47.0. The number of ether oxygens (including phenoxy) is 3. The van der Waals surface area contributed by atoms with Crippen molar-refractivity contribution in [3.63, 3.8) is 0 Å². The zero-order valence-electron chi connectivity index (χ0n) is 22.2. The lowest BCUT2D eigenvalue weighted by Crippen LogP contribution is -2.39. The Kier molecular flexibility index (Phi) is 8.89. The molecule has 226 valence electrons. The maximum absolute atomic E-state index is 14.2. The molecule has 8 unspecified atom stereocenters. The summed E-state index contributed by atoms with van der Waals surface area (Å²) in [5, 5.41) is 20.9. The minimum absolute atomic E-state index is 0.0439. The Balaban J connectivity index is 1.33. The van der Waals surface area contributed by atoms with E-state index >= 15 is 0 Å². The molecule has 0 saturated carbocycles. The van der Waals surface area contributed by atoms with Crippen LogP contribution in [-0.4, -0.2) is 97.9 Å². The molecular weight excluding hydrogens is 567 g/mol. The van der Waals surface area contributed by atoms with Gasteiger partial charge in [0.1, 0.15) is 42.6 Å². The van der Waals surface area contributed by atoms with Crippen LogP contribution >= 0.6 is 7.75 Å². The van der Waals surface area contributed by atoms with E-state index in [0.29, 0.717) is 13.1 Å². The first-order valence-corrected chi connectivity index (χ1v) is 14.6. The van der Waals surface area contributed by atoms with Crippen LogP contribution in [0.25, 0.3) is 0 Å². The monoisotopic (exact) mass is 600 g/mol. The van der Waals surface area contributed by atoms with E-state index in [0.717, 1.165) is 23.5 Å². The number of nitrogens with zero attached hydrogens (tertiary/aromatic N) is 4. The maximum atomic E-state index is 14.2. The van der Waals surface area contributed by atoms with Crippen LogP contribution in [0.1, 0.15) is 31.7 Å². The Morgan fingerprint density at radius 2 is 1.88 bits per heavy atom. The molecule has 3 saturated heterocycles. The highest BCUT2D eigenvalue weighted by Gasteiger charge is 2.49. The number of anilines is 1. The smallest absolute Gasteiger partial charge is 0.394 e. The number of aromatic nitrogens is 4. The Morgan fingerprint density at radius 3 is 2.54 bits per heavy atom. The number of hydrogen-bond donors (Lipinski definition) is 4. The highest BCUT2D eigenvalue weighted by atomic mass is 31.2. The second-order valence-electron chi connectivity index (χ2n) is 9.93. The van der Waals surface area contributed by atoms with E-state index < -0.39 is 80.9 Å². The van der Waals surface area contributed by atoms with Crippen LogP contribution in [0, 0.1) is 0 Å². The second-order valence-corrected chi connectivity index (χ2v) is 11.9. The Labute approximate surface area is 233 Å². The van der Waals surface area contributed by atoms with Crippen LogP contribution in [0.3, 0.4) is 0 Å². The van der Waals surface area contributed by atoms with E-state index in [1.807, 2.05) is 0 Å². The zero-order chi connectivity index (χ0) is 29.3. The van der Waals surface area contributed by atoms with Gasteiger partial charge in [-0.15, -0.1) is 0 Å². The average Bonchev–Trinajstić information content (AvgIpc) is 3.67. The van der Waals surface area contributed by atoms with Crippen LogP contribution in [0.15, 0.2) is 38.9 Å². The first-order chi connectivity index (χ1) is 19.6. The molecule has 17 nitrogen and oxygen atoms in total. The van der Waals surface area contributed by atoms with Crippen LogP contribution < -0.4 is 22.7 Å². The summed E-state index contributed by atoms with van der Waals surface area (Å²) in [5.41, 5.74) is 3.56. The predicted molar refractivity (Wildman–Crippen MR) is 140 cm³/mol. The second kappa shape index (κ2) is 12.2. The van der Waals surface area contributed by atoms with Gasteiger partial charge in [0.25, 0.3) is 5.56 Å². The van der Waals surface area contributed by atoms with Gasteiger partial charge in [-0.1, -0.05) is 0 Å². The number of aliphatic hydroxyl groups is 2. The number of H-pyrrole nitrogens is 1. The number of aliphatic hydroxyl groups excluding tert-OH is 2. The molecule has 2 aromatic heterocycles. The lowest BCUT2D eigenvalue weighted by Gasteiger charge is -2.30. The molecule has 5 N–H and O–H groups in total. The van der Waals surface area contributed by atoms with Crippen LogP contribution in [0.4, 0.5) is 5.82 Å². The summed E-state index contributed by atoms with van der Waals surface area (Å²) in [6.45, 7) is -0.0351. The lowest BCUT2D eigenvalue weighted by molar-refractivity contribution is -0.0648. The van der Waals surface area contributed by atoms with Crippen LogP contribution in [0.2, 0.25) is 0 Å². The number of hydrogen-bond acceptors (Lipinski definition) is 13. The molecule has 41 heavy (non-hydrogen) atoms. The summed E-state index contributed by atoms with van der Waals surface area (Å²) in [6, 6.07) is 2.56. The molecule has 8 atom stereocenters. The molecule has 18 heteroatoms. The standard InChI is InChI=1S/C23H33N6O11P/c1-36-20-19(32)15(39-21(20)29-9-5-17(31)26-23(29)34)12-37-41(35,27-6-2-3-7-27)40-13-10-18(38-14(13)11-30)28-8-4-16(24)25-22(28)33/h4-5,8-9,13-15,18-21,30,32H,2-3,6-7,10-12H2,1H3,(H2,24,25,33)(H,26,31,34). The summed E-state index contributed by atoms with van der Waals surface area (Å²) in [4.78, 5) is 42.0. The number of rotatable bonds is 10. The number of nitrogen functional groups attached to an aromatic ring is 1. The normalized spacial score (nSPS) is 31.9. The highest BCUT2D eigenvalue weighted by Crippen LogP contribution is 2.56. The van der Waals surface area contributed by atoms with Crippen molar-refractivity contribution >= 4 is 13.6 Å². The average molecular weight is 601 g/mol. The van der Waals surface area contributed by atoms with Crippen molar-refractivity contribution in [3.8, 4) is 0 Å². The molecule has 0 bridgehead atoms. The van der Waals surface area contributed by atoms with Gasteiger partial charge in [-0.25, -0.2) is 18.8 Å². The van der Waals surface area contributed by atoms with E-state index in [2.05, 4.69) is 9.97 Å². The molecule has 3 aliphatic heterocycles. The van der Waals surface area contributed by atoms with E-state index in [1.165, 1.54) is 30.1 Å². The molecule has 0 spiro atoms. The highest BCUT2D eigenvalue weighted by molar-refractivity contribution is 7.51. The first-order valence-electron chi connectivity index (χ1n) is 13.1. The van der Waals surface area contributed by atoms with Crippen molar-refractivity contribution in [1.29, 1.82) is 0 Å². The van der Waals surface area contributed by atoms with Crippen molar-refractivity contribution in [2.75, 3.05) is 39.1 Å². The van der Waals surface area contributed by atoms with Crippen LogP contribution in [-0.2, 0) is 27.8 Å². The molecule has 2 aromatic rings. The predicted octanol–water partition coefficient (Wildman–Crippen LogP) is -1.47. The molecular formula is C23H33N6O11P. The topological polar surface area (TPSA) is 223 Å². The van der Waals surface area contributed by atoms with Crippen molar-refractivity contribution in [2.45, 2.75) is 62.2 Å². The zero-order valence-corrected chi connectivity index (χ0v) is 23.1. The molecule has 3 fully saturated rings.